The molecular formula is C8H13NO2S. The van der Waals surface area contributed by atoms with E-state index in [0.717, 1.165) is 30.4 Å². The van der Waals surface area contributed by atoms with Gasteiger partial charge < -0.3 is 0 Å². The fourth-order valence-corrected chi connectivity index (χ4v) is 1.38. The molecule has 0 aromatic rings. The Morgan fingerprint density at radius 2 is 2.17 bits per heavy atom. The van der Waals surface area contributed by atoms with Crippen LogP contribution in [0.1, 0.15) is 32.6 Å². The smallest absolute Gasteiger partial charge is 0.259 e. The molecule has 0 rings (SSSR count). The maximum atomic E-state index is 10.6. The van der Waals surface area contributed by atoms with Crippen molar-refractivity contribution < 1.29 is 9.59 Å². The summed E-state index contributed by atoms with van der Waals surface area (Å²) in [6, 6.07) is 0. The highest BCUT2D eigenvalue weighted by Crippen LogP contribution is 2.09. The van der Waals surface area contributed by atoms with E-state index in [0.29, 0.717) is 0 Å². The zero-order valence-electron chi connectivity index (χ0n) is 7.21. The summed E-state index contributed by atoms with van der Waals surface area (Å²) in [4.78, 5) is 23.2. The van der Waals surface area contributed by atoms with Gasteiger partial charge in [-0.3, -0.25) is 4.79 Å². The first-order chi connectivity index (χ1) is 5.81. The lowest BCUT2D eigenvalue weighted by atomic mass is 10.2. The van der Waals surface area contributed by atoms with Gasteiger partial charge in [0.2, 0.25) is 6.08 Å². The predicted molar refractivity (Wildman–Crippen MR) is 50.1 cm³/mol. The second-order valence-corrected chi connectivity index (χ2v) is 3.42. The Bertz CT molecular complexity index is 176. The molecule has 68 valence electrons. The average Bonchev–Trinajstić information content (AvgIpc) is 2.05. The zero-order chi connectivity index (χ0) is 9.23. The molecule has 0 heterocycles. The number of carbonyl (C=O) groups excluding carboxylic acids is 2. The number of rotatable bonds is 5. The molecule has 0 aromatic heterocycles. The minimum atomic E-state index is -0.429. The molecule has 0 bridgehead atoms. The van der Waals surface area contributed by atoms with Gasteiger partial charge in [-0.25, -0.2) is 4.79 Å². The fourth-order valence-electron chi connectivity index (χ4n) is 0.758. The van der Waals surface area contributed by atoms with Gasteiger partial charge in [-0.2, -0.15) is 0 Å². The minimum absolute atomic E-state index is 0.429. The van der Waals surface area contributed by atoms with Crippen LogP contribution in [0.5, 0.6) is 0 Å². The van der Waals surface area contributed by atoms with Crippen molar-refractivity contribution in [1.29, 1.82) is 0 Å². The van der Waals surface area contributed by atoms with Crippen molar-refractivity contribution in [2.45, 2.75) is 32.6 Å². The molecule has 0 N–H and O–H groups in total. The van der Waals surface area contributed by atoms with Crippen molar-refractivity contribution in [2.24, 2.45) is 4.99 Å². The third kappa shape index (κ3) is 7.51. The Morgan fingerprint density at radius 1 is 1.42 bits per heavy atom. The van der Waals surface area contributed by atoms with Gasteiger partial charge in [0.25, 0.3) is 0 Å². The SMILES string of the molecule is CCCCCCSC(=O)N=C=O. The van der Waals surface area contributed by atoms with Gasteiger partial charge in [-0.1, -0.05) is 37.9 Å². The van der Waals surface area contributed by atoms with Crippen molar-refractivity contribution in [3.8, 4) is 0 Å². The van der Waals surface area contributed by atoms with Crippen LogP contribution in [0.4, 0.5) is 4.79 Å². The first-order valence-corrected chi connectivity index (χ1v) is 5.04. The van der Waals surface area contributed by atoms with Crippen LogP contribution in [0.3, 0.4) is 0 Å². The summed E-state index contributed by atoms with van der Waals surface area (Å²) in [5.41, 5.74) is 0. The van der Waals surface area contributed by atoms with E-state index in [1.165, 1.54) is 18.9 Å². The van der Waals surface area contributed by atoms with E-state index in [-0.39, 0.29) is 0 Å². The summed E-state index contributed by atoms with van der Waals surface area (Å²) < 4.78 is 0. The number of hydrogen-bond donors (Lipinski definition) is 0. The monoisotopic (exact) mass is 187 g/mol. The molecule has 3 nitrogen and oxygen atoms in total. The summed E-state index contributed by atoms with van der Waals surface area (Å²) in [5.74, 6) is 0.754. The highest BCUT2D eigenvalue weighted by atomic mass is 32.2. The van der Waals surface area contributed by atoms with Crippen LogP contribution >= 0.6 is 11.8 Å². The van der Waals surface area contributed by atoms with E-state index in [2.05, 4.69) is 11.9 Å². The van der Waals surface area contributed by atoms with Gasteiger partial charge in [0.1, 0.15) is 0 Å². The van der Waals surface area contributed by atoms with Gasteiger partial charge >= 0.3 is 5.24 Å². The molecule has 0 aliphatic carbocycles. The van der Waals surface area contributed by atoms with E-state index in [1.807, 2.05) is 0 Å². The maximum absolute atomic E-state index is 10.6. The molecule has 1 amide bonds. The topological polar surface area (TPSA) is 46.5 Å². The third-order valence-corrected chi connectivity index (χ3v) is 2.19. The number of nitrogens with zero attached hydrogens (tertiary/aromatic N) is 1. The highest BCUT2D eigenvalue weighted by Gasteiger charge is 1.97. The molecule has 0 fully saturated rings. The van der Waals surface area contributed by atoms with Crippen LogP contribution < -0.4 is 0 Å². The lowest BCUT2D eigenvalue weighted by molar-refractivity contribution is 0.267. The molecule has 0 aromatic carbocycles. The van der Waals surface area contributed by atoms with Crippen LogP contribution in [0.2, 0.25) is 0 Å². The zero-order valence-corrected chi connectivity index (χ0v) is 8.02. The van der Waals surface area contributed by atoms with Crippen LogP contribution in [-0.4, -0.2) is 17.1 Å². The largest absolute Gasteiger partial charge is 0.315 e. The van der Waals surface area contributed by atoms with Crippen molar-refractivity contribution in [1.82, 2.24) is 0 Å². The molecule has 4 heteroatoms. The van der Waals surface area contributed by atoms with Gasteiger partial charge in [-0.15, -0.1) is 4.99 Å². The summed E-state index contributed by atoms with van der Waals surface area (Å²) in [5, 5.41) is -0.429. The summed E-state index contributed by atoms with van der Waals surface area (Å²) in [7, 11) is 0. The number of unbranched alkanes of at least 4 members (excludes halogenated alkanes) is 3. The van der Waals surface area contributed by atoms with E-state index >= 15 is 0 Å². The summed E-state index contributed by atoms with van der Waals surface area (Å²) in [6.07, 6.45) is 5.76. The van der Waals surface area contributed by atoms with Gasteiger partial charge in [0.05, 0.1) is 0 Å². The fraction of sp³-hybridized carbons (Fsp3) is 0.750. The molecule has 0 saturated carbocycles. The lowest BCUT2D eigenvalue weighted by Crippen LogP contribution is -1.86. The van der Waals surface area contributed by atoms with Crippen LogP contribution in [0.15, 0.2) is 4.99 Å². The Morgan fingerprint density at radius 3 is 2.75 bits per heavy atom. The Balaban J connectivity index is 3.19. The van der Waals surface area contributed by atoms with Gasteiger partial charge in [0.15, 0.2) is 0 Å². The molecule has 0 saturated heterocycles. The van der Waals surface area contributed by atoms with Crippen molar-refractivity contribution in [3.05, 3.63) is 0 Å². The molecular weight excluding hydrogens is 174 g/mol. The first kappa shape index (κ1) is 11.4. The van der Waals surface area contributed by atoms with Gasteiger partial charge in [0, 0.05) is 5.75 Å². The number of carbonyl (C=O) groups is 1. The number of amides is 1. The second kappa shape index (κ2) is 8.50. The van der Waals surface area contributed by atoms with Gasteiger partial charge in [-0.05, 0) is 6.42 Å². The van der Waals surface area contributed by atoms with Crippen LogP contribution in [0, 0.1) is 0 Å². The number of isocyanates is 1. The third-order valence-electron chi connectivity index (χ3n) is 1.36. The Labute approximate surface area is 76.6 Å². The molecule has 0 radical (unpaired) electrons. The second-order valence-electron chi connectivity index (χ2n) is 2.38. The number of thioether (sulfide) groups is 1. The highest BCUT2D eigenvalue weighted by molar-refractivity contribution is 8.13. The molecule has 0 aliphatic rings. The van der Waals surface area contributed by atoms with E-state index in [9.17, 15) is 9.59 Å². The number of hydrogen-bond acceptors (Lipinski definition) is 3. The first-order valence-electron chi connectivity index (χ1n) is 4.06. The van der Waals surface area contributed by atoms with E-state index < -0.39 is 5.24 Å². The van der Waals surface area contributed by atoms with Crippen molar-refractivity contribution in [3.63, 3.8) is 0 Å². The lowest BCUT2D eigenvalue weighted by Gasteiger charge is -1.95. The van der Waals surface area contributed by atoms with E-state index in [4.69, 9.17) is 0 Å². The molecule has 0 unspecified atom stereocenters. The normalized spacial score (nSPS) is 9.08. The Kier molecular flexibility index (Phi) is 8.07. The standard InChI is InChI=1S/C8H13NO2S/c1-2-3-4-5-6-12-8(11)9-7-10/h2-6H2,1H3. The van der Waals surface area contributed by atoms with Crippen molar-refractivity contribution >= 4 is 23.1 Å². The molecule has 0 aliphatic heterocycles. The minimum Gasteiger partial charge on any atom is -0.259 e. The molecule has 12 heavy (non-hydrogen) atoms. The Hall–Kier alpha value is -0.600. The van der Waals surface area contributed by atoms with Crippen molar-refractivity contribution in [2.75, 3.05) is 5.75 Å². The maximum Gasteiger partial charge on any atom is 0.315 e. The van der Waals surface area contributed by atoms with E-state index in [1.54, 1.807) is 0 Å². The molecule has 0 spiro atoms. The number of aliphatic imine (C=N–C) groups is 1. The molecule has 0 atom stereocenters. The van der Waals surface area contributed by atoms with Crippen LogP contribution in [0.25, 0.3) is 0 Å². The predicted octanol–water partition coefficient (Wildman–Crippen LogP) is 2.76. The summed E-state index contributed by atoms with van der Waals surface area (Å²) >= 11 is 1.08. The average molecular weight is 187 g/mol. The quantitative estimate of drug-likeness (QED) is 0.377. The summed E-state index contributed by atoms with van der Waals surface area (Å²) in [6.45, 7) is 2.13. The van der Waals surface area contributed by atoms with Crippen LogP contribution in [-0.2, 0) is 4.79 Å².